The molecule has 0 bridgehead atoms. The smallest absolute Gasteiger partial charge is 0.255 e. The summed E-state index contributed by atoms with van der Waals surface area (Å²) >= 11 is 0. The molecule has 0 saturated carbocycles. The van der Waals surface area contributed by atoms with Crippen LogP contribution >= 0.6 is 0 Å². The highest BCUT2D eigenvalue weighted by Crippen LogP contribution is 2.47. The van der Waals surface area contributed by atoms with Gasteiger partial charge in [0.2, 0.25) is 11.8 Å². The van der Waals surface area contributed by atoms with Crippen LogP contribution in [-0.4, -0.2) is 83.6 Å². The number of imide groups is 1. The third-order valence-corrected chi connectivity index (χ3v) is 13.4. The fraction of sp³-hybridized carbons (Fsp3) is 0.365. The third-order valence-electron chi connectivity index (χ3n) is 13.4. The number of carbonyl (C=O) groups is 3. The summed E-state index contributed by atoms with van der Waals surface area (Å²) in [5, 5.41) is 13.7. The Morgan fingerprint density at radius 3 is 2.23 bits per heavy atom. The SMILES string of the molecule is CC(O)(CCOc1ccc([C@@H]2c3ccc(OCc4ccccc4)cc3CC[C@@H]2c2ccccc2)cc1)CCN1CCN(c2ccc3c(c2)CN(C2CCC(=O)NC2=O)C3=O)CC1. The van der Waals surface area contributed by atoms with E-state index in [1.54, 1.807) is 4.90 Å². The molecule has 1 aliphatic carbocycles. The van der Waals surface area contributed by atoms with Gasteiger partial charge in [0.05, 0.1) is 12.2 Å². The number of hydrogen-bond donors (Lipinski definition) is 2. The zero-order valence-electron chi connectivity index (χ0n) is 35.5. The number of aliphatic hydroxyl groups is 1. The van der Waals surface area contributed by atoms with E-state index in [-0.39, 0.29) is 24.2 Å². The van der Waals surface area contributed by atoms with E-state index < -0.39 is 17.6 Å². The number of piperidine rings is 1. The zero-order valence-corrected chi connectivity index (χ0v) is 35.5. The number of nitrogens with zero attached hydrogens (tertiary/aromatic N) is 3. The van der Waals surface area contributed by atoms with E-state index in [4.69, 9.17) is 9.47 Å². The minimum absolute atomic E-state index is 0.153. The van der Waals surface area contributed by atoms with E-state index in [0.717, 1.165) is 73.9 Å². The summed E-state index contributed by atoms with van der Waals surface area (Å²) in [6.45, 7) is 7.47. The van der Waals surface area contributed by atoms with Gasteiger partial charge in [-0.15, -0.1) is 0 Å². The van der Waals surface area contributed by atoms with Gasteiger partial charge in [0.15, 0.2) is 0 Å². The molecule has 5 aromatic rings. The Bertz CT molecular complexity index is 2380. The van der Waals surface area contributed by atoms with Gasteiger partial charge in [-0.25, -0.2) is 0 Å². The predicted octanol–water partition coefficient (Wildman–Crippen LogP) is 7.62. The number of hydrogen-bond acceptors (Lipinski definition) is 8. The van der Waals surface area contributed by atoms with Crippen molar-refractivity contribution in [1.29, 1.82) is 0 Å². The van der Waals surface area contributed by atoms with Crippen molar-refractivity contribution in [3.8, 4) is 11.5 Å². The number of anilines is 1. The van der Waals surface area contributed by atoms with Crippen molar-refractivity contribution in [2.45, 2.75) is 82.1 Å². The van der Waals surface area contributed by atoms with E-state index in [0.29, 0.717) is 50.5 Å². The largest absolute Gasteiger partial charge is 0.493 e. The van der Waals surface area contributed by atoms with E-state index in [2.05, 4.69) is 106 Å². The highest BCUT2D eigenvalue weighted by molar-refractivity contribution is 6.05. The minimum Gasteiger partial charge on any atom is -0.493 e. The summed E-state index contributed by atoms with van der Waals surface area (Å²) in [7, 11) is 0. The molecule has 10 nitrogen and oxygen atoms in total. The fourth-order valence-electron chi connectivity index (χ4n) is 9.77. The number of aryl methyl sites for hydroxylation is 1. The topological polar surface area (TPSA) is 112 Å². The van der Waals surface area contributed by atoms with Gasteiger partial charge < -0.3 is 24.4 Å². The van der Waals surface area contributed by atoms with Crippen LogP contribution in [0.3, 0.4) is 0 Å². The number of carbonyl (C=O) groups excluding carboxylic acids is 3. The van der Waals surface area contributed by atoms with E-state index in [1.165, 1.54) is 22.3 Å². The van der Waals surface area contributed by atoms with Gasteiger partial charge in [0, 0.05) is 69.3 Å². The number of benzene rings is 5. The van der Waals surface area contributed by atoms with Gasteiger partial charge in [-0.05, 0) is 114 Å². The lowest BCUT2D eigenvalue weighted by Gasteiger charge is -2.37. The molecule has 9 rings (SSSR count). The molecule has 0 aromatic heterocycles. The Balaban J connectivity index is 0.758. The molecule has 0 spiro atoms. The van der Waals surface area contributed by atoms with Crippen LogP contribution in [0, 0.1) is 0 Å². The summed E-state index contributed by atoms with van der Waals surface area (Å²) < 4.78 is 12.5. The van der Waals surface area contributed by atoms with Crippen LogP contribution in [0.1, 0.15) is 94.6 Å². The molecular weight excluding hydrogens is 777 g/mol. The maximum Gasteiger partial charge on any atom is 0.255 e. The van der Waals surface area contributed by atoms with Gasteiger partial charge in [-0.1, -0.05) is 78.9 Å². The average Bonchev–Trinajstić information content (AvgIpc) is 3.62. The molecule has 4 aliphatic rings. The Labute approximate surface area is 364 Å². The van der Waals surface area contributed by atoms with Crippen LogP contribution in [0.5, 0.6) is 11.5 Å². The van der Waals surface area contributed by atoms with Gasteiger partial charge in [-0.2, -0.15) is 0 Å². The molecule has 3 amide bonds. The van der Waals surface area contributed by atoms with Crippen molar-refractivity contribution < 1.29 is 29.0 Å². The number of piperazine rings is 1. The molecule has 2 saturated heterocycles. The molecule has 62 heavy (non-hydrogen) atoms. The average molecular weight is 833 g/mol. The van der Waals surface area contributed by atoms with Gasteiger partial charge in [0.25, 0.3) is 5.91 Å². The van der Waals surface area contributed by atoms with Gasteiger partial charge in [0.1, 0.15) is 24.1 Å². The third kappa shape index (κ3) is 9.27. The summed E-state index contributed by atoms with van der Waals surface area (Å²) in [4.78, 5) is 43.6. The molecule has 2 N–H and O–H groups in total. The highest BCUT2D eigenvalue weighted by Gasteiger charge is 2.39. The van der Waals surface area contributed by atoms with Crippen molar-refractivity contribution in [2.75, 3.05) is 44.2 Å². The quantitative estimate of drug-likeness (QED) is 0.110. The first-order valence-electron chi connectivity index (χ1n) is 22.2. The van der Waals surface area contributed by atoms with Gasteiger partial charge >= 0.3 is 0 Å². The molecule has 2 unspecified atom stereocenters. The molecule has 3 heterocycles. The minimum atomic E-state index is -0.865. The monoisotopic (exact) mass is 832 g/mol. The van der Waals surface area contributed by atoms with Crippen LogP contribution in [0.15, 0.2) is 121 Å². The van der Waals surface area contributed by atoms with Crippen molar-refractivity contribution in [3.63, 3.8) is 0 Å². The lowest BCUT2D eigenvalue weighted by molar-refractivity contribution is -0.136. The number of ether oxygens (including phenoxy) is 2. The Morgan fingerprint density at radius 1 is 0.726 bits per heavy atom. The van der Waals surface area contributed by atoms with Crippen LogP contribution in [0.4, 0.5) is 5.69 Å². The van der Waals surface area contributed by atoms with E-state index >= 15 is 0 Å². The van der Waals surface area contributed by atoms with Crippen LogP contribution < -0.4 is 19.7 Å². The number of amides is 3. The number of rotatable bonds is 14. The summed E-state index contributed by atoms with van der Waals surface area (Å²) in [6, 6.07) is 41.7. The molecule has 3 aliphatic heterocycles. The van der Waals surface area contributed by atoms with Crippen molar-refractivity contribution in [1.82, 2.24) is 15.1 Å². The first kappa shape index (κ1) is 41.4. The number of fused-ring (bicyclic) bond motifs is 2. The van der Waals surface area contributed by atoms with Crippen molar-refractivity contribution in [2.24, 2.45) is 0 Å². The molecule has 5 aromatic carbocycles. The van der Waals surface area contributed by atoms with Crippen molar-refractivity contribution in [3.05, 3.63) is 160 Å². The standard InChI is InChI=1S/C52H56N4O6/c1-52(60,24-26-54-27-29-55(30-28-54)41-15-20-46-40(32-41)34-56(51(46)59)47-22-23-48(57)53-50(47)58)25-31-61-42-16-12-38(13-17-42)49-44(37-10-6-3-7-11-37)19-14-39-33-43(18-21-45(39)49)62-35-36-8-4-2-5-9-36/h2-13,15-18,20-21,32-33,44,47,49,60H,14,19,22-31,34-35H2,1H3,(H,53,57,58)/t44-,47?,49+,52?/m1/s1. The summed E-state index contributed by atoms with van der Waals surface area (Å²) in [5.41, 5.74) is 8.22. The molecule has 10 heteroatoms. The molecule has 2 fully saturated rings. The maximum atomic E-state index is 13.2. The maximum absolute atomic E-state index is 13.2. The van der Waals surface area contributed by atoms with Crippen LogP contribution in [0.25, 0.3) is 0 Å². The molecule has 320 valence electrons. The second-order valence-electron chi connectivity index (χ2n) is 17.7. The Kier molecular flexibility index (Phi) is 12.1. The summed E-state index contributed by atoms with van der Waals surface area (Å²) in [5.74, 6) is 1.44. The lowest BCUT2D eigenvalue weighted by Crippen LogP contribution is -2.52. The van der Waals surface area contributed by atoms with Crippen LogP contribution in [-0.2, 0) is 29.2 Å². The van der Waals surface area contributed by atoms with Crippen LogP contribution in [0.2, 0.25) is 0 Å². The summed E-state index contributed by atoms with van der Waals surface area (Å²) in [6.07, 6.45) is 3.83. The molecular formula is C52H56N4O6. The first-order valence-corrected chi connectivity index (χ1v) is 22.2. The molecule has 0 radical (unpaired) electrons. The van der Waals surface area contributed by atoms with E-state index in [1.807, 2.05) is 37.3 Å². The fourth-order valence-corrected chi connectivity index (χ4v) is 9.77. The number of nitrogens with one attached hydrogen (secondary N) is 1. The van der Waals surface area contributed by atoms with Crippen molar-refractivity contribution >= 4 is 23.4 Å². The first-order chi connectivity index (χ1) is 30.2. The predicted molar refractivity (Wildman–Crippen MR) is 239 cm³/mol. The Hall–Kier alpha value is -5.97. The normalized spacial score (nSPS) is 21.2. The van der Waals surface area contributed by atoms with Gasteiger partial charge in [-0.3, -0.25) is 24.6 Å². The zero-order chi connectivity index (χ0) is 42.6. The Morgan fingerprint density at radius 2 is 1.47 bits per heavy atom. The highest BCUT2D eigenvalue weighted by atomic mass is 16.5. The second kappa shape index (κ2) is 18.2. The van der Waals surface area contributed by atoms with E-state index in [9.17, 15) is 19.5 Å². The second-order valence-corrected chi connectivity index (χ2v) is 17.7. The lowest BCUT2D eigenvalue weighted by atomic mass is 9.69. The molecule has 4 atom stereocenters.